The average molecular weight is 401 g/mol. The summed E-state index contributed by atoms with van der Waals surface area (Å²) in [6, 6.07) is 5.11. The molecule has 0 bridgehead atoms. The molecule has 1 aromatic rings. The molecule has 3 rings (SSSR count). The van der Waals surface area contributed by atoms with Gasteiger partial charge in [0.05, 0.1) is 17.2 Å². The van der Waals surface area contributed by atoms with Gasteiger partial charge in [0.2, 0.25) is 5.91 Å². The third-order valence-corrected chi connectivity index (χ3v) is 5.39. The maximum absolute atomic E-state index is 12.4. The van der Waals surface area contributed by atoms with Crippen molar-refractivity contribution in [1.29, 1.82) is 0 Å². The van der Waals surface area contributed by atoms with E-state index < -0.39 is 5.54 Å². The molecule has 0 atom stereocenters. The molecule has 0 aromatic heterocycles. The van der Waals surface area contributed by atoms with Crippen molar-refractivity contribution in [3.63, 3.8) is 0 Å². The second-order valence-corrected chi connectivity index (χ2v) is 8.09. The molecular formula is C18H22Cl2N2O4. The molecule has 1 saturated heterocycles. The largest absolute Gasteiger partial charge is 0.492 e. The number of esters is 1. The van der Waals surface area contributed by atoms with E-state index in [1.54, 1.807) is 18.2 Å². The number of likely N-dealkylation sites (tertiary alicyclic amines) is 1. The highest BCUT2D eigenvalue weighted by Crippen LogP contribution is 2.38. The molecule has 2 N–H and O–H groups in total. The third kappa shape index (κ3) is 4.42. The fourth-order valence-electron chi connectivity index (χ4n) is 3.37. The first-order valence-electron chi connectivity index (χ1n) is 8.55. The Morgan fingerprint density at radius 3 is 2.62 bits per heavy atom. The van der Waals surface area contributed by atoms with Gasteiger partial charge >= 0.3 is 5.97 Å². The molecule has 1 aliphatic heterocycles. The Labute approximate surface area is 162 Å². The number of amides is 1. The minimum Gasteiger partial charge on any atom is -0.492 e. The summed E-state index contributed by atoms with van der Waals surface area (Å²) in [5, 5.41) is 1.04. The molecule has 1 aromatic carbocycles. The maximum atomic E-state index is 12.4. The Morgan fingerprint density at radius 1 is 1.31 bits per heavy atom. The van der Waals surface area contributed by atoms with Crippen LogP contribution in [0.1, 0.15) is 19.8 Å². The van der Waals surface area contributed by atoms with Crippen molar-refractivity contribution in [2.24, 2.45) is 17.6 Å². The average Bonchev–Trinajstić information content (AvgIpc) is 2.50. The van der Waals surface area contributed by atoms with Crippen LogP contribution in [0.25, 0.3) is 0 Å². The van der Waals surface area contributed by atoms with E-state index in [0.717, 1.165) is 0 Å². The lowest BCUT2D eigenvalue weighted by atomic mass is 9.68. The first-order valence-corrected chi connectivity index (χ1v) is 9.30. The van der Waals surface area contributed by atoms with Gasteiger partial charge in [-0.3, -0.25) is 9.59 Å². The number of carbonyl (C=O) groups is 2. The summed E-state index contributed by atoms with van der Waals surface area (Å²) in [6.07, 6.45) is 1.11. The van der Waals surface area contributed by atoms with Gasteiger partial charge in [0.25, 0.3) is 0 Å². The lowest BCUT2D eigenvalue weighted by molar-refractivity contribution is -0.152. The van der Waals surface area contributed by atoms with Crippen LogP contribution in [0.15, 0.2) is 18.2 Å². The van der Waals surface area contributed by atoms with Crippen molar-refractivity contribution in [2.75, 3.05) is 26.3 Å². The number of nitrogens with zero attached hydrogens (tertiary/aromatic N) is 1. The third-order valence-electron chi connectivity index (χ3n) is 4.86. The van der Waals surface area contributed by atoms with Crippen LogP contribution < -0.4 is 10.5 Å². The second-order valence-electron chi connectivity index (χ2n) is 7.24. The molecule has 1 aliphatic carbocycles. The highest BCUT2D eigenvalue weighted by Gasteiger charge is 2.48. The zero-order chi connectivity index (χ0) is 18.9. The topological polar surface area (TPSA) is 81.9 Å². The lowest BCUT2D eigenvalue weighted by Gasteiger charge is -2.48. The van der Waals surface area contributed by atoms with Crippen LogP contribution in [0.2, 0.25) is 10.0 Å². The number of rotatable bonds is 6. The predicted molar refractivity (Wildman–Crippen MR) is 98.3 cm³/mol. The van der Waals surface area contributed by atoms with E-state index in [9.17, 15) is 9.59 Å². The van der Waals surface area contributed by atoms with E-state index in [-0.39, 0.29) is 30.3 Å². The minimum absolute atomic E-state index is 0.0804. The minimum atomic E-state index is -0.565. The van der Waals surface area contributed by atoms with Crippen LogP contribution in [0.3, 0.4) is 0 Å². The van der Waals surface area contributed by atoms with Crippen molar-refractivity contribution in [2.45, 2.75) is 25.3 Å². The van der Waals surface area contributed by atoms with Crippen LogP contribution in [0.4, 0.5) is 0 Å². The molecule has 26 heavy (non-hydrogen) atoms. The van der Waals surface area contributed by atoms with E-state index in [1.165, 1.54) is 6.92 Å². The van der Waals surface area contributed by atoms with Gasteiger partial charge in [-0.1, -0.05) is 23.2 Å². The summed E-state index contributed by atoms with van der Waals surface area (Å²) < 4.78 is 10.7. The molecule has 6 nitrogen and oxygen atoms in total. The molecule has 8 heteroatoms. The van der Waals surface area contributed by atoms with Crippen LogP contribution in [0.5, 0.6) is 5.75 Å². The number of hydrogen-bond acceptors (Lipinski definition) is 5. The standard InChI is InChI=1S/C18H22Cl2N2O4/c1-11(23)26-10-18(21)5-13(6-18)17(24)22-7-12(8-22)9-25-16-3-2-14(19)4-15(16)20/h2-4,12-13H,5-10,21H2,1H3. The maximum Gasteiger partial charge on any atom is 0.302 e. The molecule has 0 spiro atoms. The van der Waals surface area contributed by atoms with Gasteiger partial charge in [-0.25, -0.2) is 0 Å². The van der Waals surface area contributed by atoms with Gasteiger partial charge < -0.3 is 20.1 Å². The molecule has 1 amide bonds. The number of benzene rings is 1. The summed E-state index contributed by atoms with van der Waals surface area (Å²) in [4.78, 5) is 25.1. The Morgan fingerprint density at radius 2 is 2.00 bits per heavy atom. The normalized spacial score (nSPS) is 25.2. The summed E-state index contributed by atoms with van der Waals surface area (Å²) in [7, 11) is 0. The van der Waals surface area contributed by atoms with Crippen LogP contribution >= 0.6 is 23.2 Å². The Kier molecular flexibility index (Phi) is 5.65. The van der Waals surface area contributed by atoms with E-state index in [0.29, 0.717) is 48.3 Å². The fraction of sp³-hybridized carbons (Fsp3) is 0.556. The van der Waals surface area contributed by atoms with E-state index in [4.69, 9.17) is 38.4 Å². The highest BCUT2D eigenvalue weighted by atomic mass is 35.5. The van der Waals surface area contributed by atoms with Crippen molar-refractivity contribution >= 4 is 35.1 Å². The van der Waals surface area contributed by atoms with Gasteiger partial charge in [0.1, 0.15) is 12.4 Å². The molecular weight excluding hydrogens is 379 g/mol. The van der Waals surface area contributed by atoms with Gasteiger partial charge in [0, 0.05) is 36.9 Å². The highest BCUT2D eigenvalue weighted by molar-refractivity contribution is 6.35. The molecule has 0 unspecified atom stereocenters. The zero-order valence-corrected chi connectivity index (χ0v) is 16.1. The molecule has 2 fully saturated rings. The van der Waals surface area contributed by atoms with Gasteiger partial charge in [-0.15, -0.1) is 0 Å². The smallest absolute Gasteiger partial charge is 0.302 e. The number of ether oxygens (including phenoxy) is 2. The zero-order valence-electron chi connectivity index (χ0n) is 14.5. The predicted octanol–water partition coefficient (Wildman–Crippen LogP) is 2.50. The van der Waals surface area contributed by atoms with E-state index >= 15 is 0 Å². The molecule has 142 valence electrons. The summed E-state index contributed by atoms with van der Waals surface area (Å²) in [5.74, 6) is 0.571. The molecule has 1 heterocycles. The Bertz CT molecular complexity index is 700. The van der Waals surface area contributed by atoms with Gasteiger partial charge in [-0.2, -0.15) is 0 Å². The van der Waals surface area contributed by atoms with Crippen LogP contribution in [-0.4, -0.2) is 48.6 Å². The number of halogens is 2. The lowest BCUT2D eigenvalue weighted by Crippen LogP contribution is -2.62. The van der Waals surface area contributed by atoms with Crippen molar-refractivity contribution < 1.29 is 19.1 Å². The summed E-state index contributed by atoms with van der Waals surface area (Å²) >= 11 is 11.9. The summed E-state index contributed by atoms with van der Waals surface area (Å²) in [6.45, 7) is 3.36. The Hall–Kier alpha value is -1.50. The van der Waals surface area contributed by atoms with E-state index in [1.807, 2.05) is 4.90 Å². The molecule has 0 radical (unpaired) electrons. The van der Waals surface area contributed by atoms with Crippen LogP contribution in [-0.2, 0) is 14.3 Å². The summed E-state index contributed by atoms with van der Waals surface area (Å²) in [5.41, 5.74) is 5.55. The van der Waals surface area contributed by atoms with Crippen LogP contribution in [0, 0.1) is 11.8 Å². The van der Waals surface area contributed by atoms with Crippen molar-refractivity contribution in [1.82, 2.24) is 4.90 Å². The second kappa shape index (κ2) is 7.62. The van der Waals surface area contributed by atoms with Crippen molar-refractivity contribution in [3.8, 4) is 5.75 Å². The quantitative estimate of drug-likeness (QED) is 0.741. The fourth-order valence-corrected chi connectivity index (χ4v) is 3.84. The molecule has 2 aliphatic rings. The Balaban J connectivity index is 1.37. The van der Waals surface area contributed by atoms with Gasteiger partial charge in [-0.05, 0) is 31.0 Å². The number of hydrogen-bond donors (Lipinski definition) is 1. The van der Waals surface area contributed by atoms with Crippen molar-refractivity contribution in [3.05, 3.63) is 28.2 Å². The van der Waals surface area contributed by atoms with E-state index in [2.05, 4.69) is 0 Å². The number of carbonyl (C=O) groups excluding carboxylic acids is 2. The first kappa shape index (κ1) is 19.3. The van der Waals surface area contributed by atoms with Gasteiger partial charge in [0.15, 0.2) is 0 Å². The first-order chi connectivity index (χ1) is 12.3. The SMILES string of the molecule is CC(=O)OCC1(N)CC(C(=O)N2CC(COc3ccc(Cl)cc3Cl)C2)C1. The monoisotopic (exact) mass is 400 g/mol. The molecule has 1 saturated carbocycles. The number of nitrogens with two attached hydrogens (primary N) is 1.